The van der Waals surface area contributed by atoms with Crippen LogP contribution in [0.3, 0.4) is 0 Å². The molecule has 1 heterocycles. The Labute approximate surface area is 123 Å². The Morgan fingerprint density at radius 2 is 2.20 bits per heavy atom. The maximum atomic E-state index is 11.9. The first kappa shape index (κ1) is 14.6. The summed E-state index contributed by atoms with van der Waals surface area (Å²) in [5, 5.41) is 4.09. The number of hydrogen-bond donors (Lipinski definition) is 0. The van der Waals surface area contributed by atoms with Crippen LogP contribution in [-0.2, 0) is 6.54 Å². The van der Waals surface area contributed by atoms with Gasteiger partial charge >= 0.3 is 0 Å². The van der Waals surface area contributed by atoms with Gasteiger partial charge in [-0.3, -0.25) is 4.79 Å². The third-order valence-electron chi connectivity index (χ3n) is 3.07. The standard InChI is InChI=1S/C15H17ClN2O2/c1-4-18-15(19)14(16)13(9-17-18)20-11(3)12-7-5-6-10(2)8-12/h5-9,11H,4H2,1-3H3. The van der Waals surface area contributed by atoms with Gasteiger partial charge in [0.05, 0.1) is 6.20 Å². The SMILES string of the molecule is CCn1ncc(OC(C)c2cccc(C)c2)c(Cl)c1=O. The Bertz CT molecular complexity index is 667. The van der Waals surface area contributed by atoms with Crippen LogP contribution in [0.5, 0.6) is 5.75 Å². The summed E-state index contributed by atoms with van der Waals surface area (Å²) in [7, 11) is 0. The van der Waals surface area contributed by atoms with Crippen molar-refractivity contribution in [2.45, 2.75) is 33.4 Å². The molecule has 0 radical (unpaired) electrons. The summed E-state index contributed by atoms with van der Waals surface area (Å²) >= 11 is 6.04. The second kappa shape index (κ2) is 6.09. The Kier molecular flexibility index (Phi) is 4.45. The van der Waals surface area contributed by atoms with Gasteiger partial charge in [-0.2, -0.15) is 5.10 Å². The number of hydrogen-bond acceptors (Lipinski definition) is 3. The summed E-state index contributed by atoms with van der Waals surface area (Å²) in [6, 6.07) is 8.01. The summed E-state index contributed by atoms with van der Waals surface area (Å²) in [5.41, 5.74) is 1.85. The zero-order chi connectivity index (χ0) is 14.7. The van der Waals surface area contributed by atoms with Gasteiger partial charge in [-0.15, -0.1) is 0 Å². The first-order valence-electron chi connectivity index (χ1n) is 6.51. The predicted octanol–water partition coefficient (Wildman–Crippen LogP) is 3.37. The van der Waals surface area contributed by atoms with Gasteiger partial charge in [0.1, 0.15) is 6.10 Å². The molecule has 5 heteroatoms. The van der Waals surface area contributed by atoms with Gasteiger partial charge in [0.15, 0.2) is 10.8 Å². The average molecular weight is 293 g/mol. The molecule has 0 fully saturated rings. The molecule has 1 aromatic heterocycles. The summed E-state index contributed by atoms with van der Waals surface area (Å²) in [6.45, 7) is 6.25. The molecule has 0 saturated carbocycles. The van der Waals surface area contributed by atoms with Gasteiger partial charge in [-0.05, 0) is 26.3 Å². The highest BCUT2D eigenvalue weighted by Crippen LogP contribution is 2.25. The zero-order valence-electron chi connectivity index (χ0n) is 11.8. The molecule has 0 spiro atoms. The minimum absolute atomic E-state index is 0.0707. The van der Waals surface area contributed by atoms with Crippen LogP contribution in [0, 0.1) is 6.92 Å². The third kappa shape index (κ3) is 3.02. The molecule has 2 rings (SSSR count). The largest absolute Gasteiger partial charge is 0.483 e. The number of rotatable bonds is 4. The lowest BCUT2D eigenvalue weighted by atomic mass is 10.1. The van der Waals surface area contributed by atoms with Crippen LogP contribution >= 0.6 is 11.6 Å². The molecule has 0 N–H and O–H groups in total. The lowest BCUT2D eigenvalue weighted by Crippen LogP contribution is -2.23. The lowest BCUT2D eigenvalue weighted by Gasteiger charge is -2.16. The minimum Gasteiger partial charge on any atom is -0.483 e. The number of aromatic nitrogens is 2. The number of benzene rings is 1. The van der Waals surface area contributed by atoms with Gasteiger partial charge in [-0.25, -0.2) is 4.68 Å². The van der Waals surface area contributed by atoms with Crippen molar-refractivity contribution in [1.82, 2.24) is 9.78 Å². The monoisotopic (exact) mass is 292 g/mol. The van der Waals surface area contributed by atoms with Crippen molar-refractivity contribution in [2.75, 3.05) is 0 Å². The molecule has 1 unspecified atom stereocenters. The number of nitrogens with zero attached hydrogens (tertiary/aromatic N) is 2. The highest BCUT2D eigenvalue weighted by molar-refractivity contribution is 6.31. The van der Waals surface area contributed by atoms with Crippen molar-refractivity contribution in [1.29, 1.82) is 0 Å². The maximum Gasteiger partial charge on any atom is 0.289 e. The Hall–Kier alpha value is -1.81. The fraction of sp³-hybridized carbons (Fsp3) is 0.333. The van der Waals surface area contributed by atoms with E-state index in [1.807, 2.05) is 45.0 Å². The van der Waals surface area contributed by atoms with E-state index in [1.54, 1.807) is 0 Å². The van der Waals surface area contributed by atoms with Crippen molar-refractivity contribution >= 4 is 11.6 Å². The van der Waals surface area contributed by atoms with Crippen LogP contribution in [0.1, 0.15) is 31.1 Å². The second-order valence-electron chi connectivity index (χ2n) is 4.62. The molecule has 106 valence electrons. The second-order valence-corrected chi connectivity index (χ2v) is 5.00. The van der Waals surface area contributed by atoms with Gasteiger partial charge in [0.2, 0.25) is 0 Å². The molecule has 0 amide bonds. The summed E-state index contributed by atoms with van der Waals surface area (Å²) in [5.74, 6) is 0.315. The molecule has 4 nitrogen and oxygen atoms in total. The number of ether oxygens (including phenoxy) is 1. The fourth-order valence-corrected chi connectivity index (χ4v) is 2.13. The Morgan fingerprint density at radius 1 is 1.45 bits per heavy atom. The van der Waals surface area contributed by atoms with Crippen LogP contribution in [-0.4, -0.2) is 9.78 Å². The molecule has 0 aliphatic heterocycles. The van der Waals surface area contributed by atoms with Crippen molar-refractivity contribution in [3.8, 4) is 5.75 Å². The van der Waals surface area contributed by atoms with Gasteiger partial charge < -0.3 is 4.74 Å². The first-order chi connectivity index (χ1) is 9.52. The molecule has 1 atom stereocenters. The molecule has 0 aliphatic rings. The van der Waals surface area contributed by atoms with Crippen LogP contribution in [0.25, 0.3) is 0 Å². The van der Waals surface area contributed by atoms with Crippen LogP contribution in [0.4, 0.5) is 0 Å². The molecular weight excluding hydrogens is 276 g/mol. The van der Waals surface area contributed by atoms with E-state index in [0.717, 1.165) is 11.1 Å². The smallest absolute Gasteiger partial charge is 0.289 e. The van der Waals surface area contributed by atoms with Gasteiger partial charge in [0.25, 0.3) is 5.56 Å². The summed E-state index contributed by atoms with van der Waals surface area (Å²) < 4.78 is 7.06. The highest BCUT2D eigenvalue weighted by atomic mass is 35.5. The van der Waals surface area contributed by atoms with Crippen molar-refractivity contribution in [2.24, 2.45) is 0 Å². The van der Waals surface area contributed by atoms with E-state index in [4.69, 9.17) is 16.3 Å². The highest BCUT2D eigenvalue weighted by Gasteiger charge is 2.14. The van der Waals surface area contributed by atoms with E-state index in [2.05, 4.69) is 5.10 Å². The number of halogens is 1. The first-order valence-corrected chi connectivity index (χ1v) is 6.89. The molecule has 20 heavy (non-hydrogen) atoms. The summed E-state index contributed by atoms with van der Waals surface area (Å²) in [4.78, 5) is 11.9. The van der Waals surface area contributed by atoms with Crippen molar-refractivity contribution < 1.29 is 4.74 Å². The zero-order valence-corrected chi connectivity index (χ0v) is 12.5. The maximum absolute atomic E-state index is 11.9. The van der Waals surface area contributed by atoms with Gasteiger partial charge in [-0.1, -0.05) is 41.4 Å². The van der Waals surface area contributed by atoms with Crippen LogP contribution in [0.15, 0.2) is 35.3 Å². The van der Waals surface area contributed by atoms with E-state index in [1.165, 1.54) is 10.9 Å². The molecule has 0 saturated heterocycles. The number of aryl methyl sites for hydroxylation is 2. The summed E-state index contributed by atoms with van der Waals surface area (Å²) in [6.07, 6.45) is 1.28. The van der Waals surface area contributed by atoms with Crippen molar-refractivity contribution in [3.05, 3.63) is 57.0 Å². The molecule has 2 aromatic rings. The van der Waals surface area contributed by atoms with E-state index in [0.29, 0.717) is 12.3 Å². The van der Waals surface area contributed by atoms with E-state index in [9.17, 15) is 4.79 Å². The molecule has 0 aliphatic carbocycles. The van der Waals surface area contributed by atoms with E-state index < -0.39 is 0 Å². The molecular formula is C15H17ClN2O2. The van der Waals surface area contributed by atoms with Crippen molar-refractivity contribution in [3.63, 3.8) is 0 Å². The quantitative estimate of drug-likeness (QED) is 0.868. The minimum atomic E-state index is -0.330. The molecule has 0 bridgehead atoms. The van der Waals surface area contributed by atoms with Crippen LogP contribution < -0.4 is 10.3 Å². The van der Waals surface area contributed by atoms with Crippen LogP contribution in [0.2, 0.25) is 5.02 Å². The Morgan fingerprint density at radius 3 is 2.85 bits per heavy atom. The fourth-order valence-electron chi connectivity index (χ4n) is 1.94. The lowest BCUT2D eigenvalue weighted by molar-refractivity contribution is 0.224. The normalized spacial score (nSPS) is 12.2. The topological polar surface area (TPSA) is 44.1 Å². The van der Waals surface area contributed by atoms with E-state index >= 15 is 0 Å². The van der Waals surface area contributed by atoms with Gasteiger partial charge in [0, 0.05) is 6.54 Å². The Balaban J connectivity index is 2.26. The molecule has 1 aromatic carbocycles. The van der Waals surface area contributed by atoms with E-state index in [-0.39, 0.29) is 16.7 Å². The predicted molar refractivity (Wildman–Crippen MR) is 79.4 cm³/mol. The third-order valence-corrected chi connectivity index (χ3v) is 3.42. The average Bonchev–Trinajstić information content (AvgIpc) is 2.44.